The number of carbonyl (C=O) groups is 1. The first-order valence-electron chi connectivity index (χ1n) is 5.77. The number of aromatic nitrogens is 1. The third kappa shape index (κ3) is 3.59. The first-order chi connectivity index (χ1) is 8.45. The van der Waals surface area contributed by atoms with Gasteiger partial charge in [0.05, 0.1) is 30.2 Å². The van der Waals surface area contributed by atoms with Crippen LogP contribution in [0.25, 0.3) is 0 Å². The third-order valence-electron chi connectivity index (χ3n) is 2.34. The SMILES string of the molecule is CCOC(=O)c1cc(N(C)CC(C)O)ncc1N. The molecule has 0 spiro atoms. The van der Waals surface area contributed by atoms with Gasteiger partial charge in [0.1, 0.15) is 5.82 Å². The molecular weight excluding hydrogens is 234 g/mol. The average molecular weight is 253 g/mol. The van der Waals surface area contributed by atoms with E-state index < -0.39 is 12.1 Å². The lowest BCUT2D eigenvalue weighted by molar-refractivity contribution is 0.0527. The Hall–Kier alpha value is -1.82. The number of nitrogen functional groups attached to an aromatic ring is 1. The molecule has 0 saturated carbocycles. The lowest BCUT2D eigenvalue weighted by Gasteiger charge is -2.20. The van der Waals surface area contributed by atoms with E-state index in [9.17, 15) is 9.90 Å². The molecule has 0 aliphatic rings. The van der Waals surface area contributed by atoms with Gasteiger partial charge in [-0.1, -0.05) is 0 Å². The highest BCUT2D eigenvalue weighted by Crippen LogP contribution is 2.18. The molecule has 0 aliphatic heterocycles. The van der Waals surface area contributed by atoms with E-state index in [4.69, 9.17) is 10.5 Å². The second-order valence-electron chi connectivity index (χ2n) is 4.08. The van der Waals surface area contributed by atoms with Crippen molar-refractivity contribution < 1.29 is 14.6 Å². The molecule has 0 aliphatic carbocycles. The fraction of sp³-hybridized carbons (Fsp3) is 0.500. The Morgan fingerprint density at radius 3 is 2.89 bits per heavy atom. The molecule has 100 valence electrons. The monoisotopic (exact) mass is 253 g/mol. The van der Waals surface area contributed by atoms with Crippen molar-refractivity contribution in [3.63, 3.8) is 0 Å². The molecule has 6 nitrogen and oxygen atoms in total. The van der Waals surface area contributed by atoms with Crippen LogP contribution in [0.1, 0.15) is 24.2 Å². The molecule has 1 rings (SSSR count). The van der Waals surface area contributed by atoms with Gasteiger partial charge in [-0.25, -0.2) is 9.78 Å². The second kappa shape index (κ2) is 6.20. The Balaban J connectivity index is 2.96. The van der Waals surface area contributed by atoms with E-state index in [0.717, 1.165) is 0 Å². The van der Waals surface area contributed by atoms with Crippen molar-refractivity contribution in [3.8, 4) is 0 Å². The van der Waals surface area contributed by atoms with Crippen LogP contribution in [0, 0.1) is 0 Å². The Bertz CT molecular complexity index is 421. The van der Waals surface area contributed by atoms with Crippen molar-refractivity contribution >= 4 is 17.5 Å². The van der Waals surface area contributed by atoms with Crippen LogP contribution >= 0.6 is 0 Å². The van der Waals surface area contributed by atoms with E-state index in [0.29, 0.717) is 24.5 Å². The van der Waals surface area contributed by atoms with E-state index in [1.54, 1.807) is 31.9 Å². The van der Waals surface area contributed by atoms with Gasteiger partial charge in [0, 0.05) is 13.6 Å². The second-order valence-corrected chi connectivity index (χ2v) is 4.08. The lowest BCUT2D eigenvalue weighted by Crippen LogP contribution is -2.28. The number of nitrogens with two attached hydrogens (primary N) is 1. The minimum Gasteiger partial charge on any atom is -0.462 e. The Morgan fingerprint density at radius 2 is 2.33 bits per heavy atom. The molecule has 0 amide bonds. The molecule has 0 fully saturated rings. The summed E-state index contributed by atoms with van der Waals surface area (Å²) in [6.07, 6.45) is 0.931. The Labute approximate surface area is 106 Å². The van der Waals surface area contributed by atoms with Crippen molar-refractivity contribution in [2.24, 2.45) is 0 Å². The minimum absolute atomic E-state index is 0.280. The number of carbonyl (C=O) groups excluding carboxylic acids is 1. The van der Waals surface area contributed by atoms with Crippen molar-refractivity contribution in [3.05, 3.63) is 17.8 Å². The van der Waals surface area contributed by atoms with E-state index in [1.165, 1.54) is 6.20 Å². The normalized spacial score (nSPS) is 12.0. The number of ether oxygens (including phenoxy) is 1. The summed E-state index contributed by atoms with van der Waals surface area (Å²) in [6.45, 7) is 4.12. The van der Waals surface area contributed by atoms with Crippen molar-refractivity contribution in [1.82, 2.24) is 4.98 Å². The smallest absolute Gasteiger partial charge is 0.340 e. The summed E-state index contributed by atoms with van der Waals surface area (Å²) in [5, 5.41) is 9.32. The number of pyridine rings is 1. The maximum atomic E-state index is 11.7. The first kappa shape index (κ1) is 14.2. The molecule has 3 N–H and O–H groups in total. The molecule has 0 aromatic carbocycles. The maximum absolute atomic E-state index is 11.7. The molecule has 1 aromatic rings. The largest absolute Gasteiger partial charge is 0.462 e. The number of aliphatic hydroxyl groups is 1. The summed E-state index contributed by atoms with van der Waals surface area (Å²) >= 11 is 0. The summed E-state index contributed by atoms with van der Waals surface area (Å²) < 4.78 is 4.91. The number of esters is 1. The summed E-state index contributed by atoms with van der Waals surface area (Å²) in [6, 6.07) is 1.57. The summed E-state index contributed by atoms with van der Waals surface area (Å²) in [7, 11) is 1.78. The van der Waals surface area contributed by atoms with Crippen LogP contribution in [0.15, 0.2) is 12.3 Å². The fourth-order valence-electron chi connectivity index (χ4n) is 1.54. The Kier molecular flexibility index (Phi) is 4.91. The van der Waals surface area contributed by atoms with Gasteiger partial charge in [-0.15, -0.1) is 0 Å². The van der Waals surface area contributed by atoms with Crippen LogP contribution in [-0.2, 0) is 4.74 Å². The maximum Gasteiger partial charge on any atom is 0.340 e. The minimum atomic E-state index is -0.486. The number of hydrogen-bond donors (Lipinski definition) is 2. The van der Waals surface area contributed by atoms with Gasteiger partial charge >= 0.3 is 5.97 Å². The van der Waals surface area contributed by atoms with Crippen molar-refractivity contribution in [1.29, 1.82) is 0 Å². The molecule has 0 saturated heterocycles. The average Bonchev–Trinajstić information content (AvgIpc) is 2.28. The molecule has 18 heavy (non-hydrogen) atoms. The predicted octanol–water partition coefficient (Wildman–Crippen LogP) is 0.657. The summed E-state index contributed by atoms with van der Waals surface area (Å²) in [5.74, 6) is 0.0947. The highest BCUT2D eigenvalue weighted by atomic mass is 16.5. The quantitative estimate of drug-likeness (QED) is 0.749. The molecule has 1 unspecified atom stereocenters. The van der Waals surface area contributed by atoms with Gasteiger partial charge in [0.25, 0.3) is 0 Å². The number of anilines is 2. The molecule has 6 heteroatoms. The zero-order valence-corrected chi connectivity index (χ0v) is 10.9. The van der Waals surface area contributed by atoms with Crippen molar-refractivity contribution in [2.45, 2.75) is 20.0 Å². The zero-order valence-electron chi connectivity index (χ0n) is 10.9. The topological polar surface area (TPSA) is 88.7 Å². The molecule has 1 heterocycles. The van der Waals surface area contributed by atoms with Gasteiger partial charge in [-0.05, 0) is 19.9 Å². The van der Waals surface area contributed by atoms with Gasteiger partial charge in [0.15, 0.2) is 0 Å². The summed E-state index contributed by atoms with van der Waals surface area (Å²) in [5.41, 5.74) is 6.26. The highest BCUT2D eigenvalue weighted by Gasteiger charge is 2.14. The number of hydrogen-bond acceptors (Lipinski definition) is 6. The third-order valence-corrected chi connectivity index (χ3v) is 2.34. The molecular formula is C12H19N3O3. The van der Waals surface area contributed by atoms with Crippen LogP contribution < -0.4 is 10.6 Å². The van der Waals surface area contributed by atoms with Gasteiger partial charge in [-0.2, -0.15) is 0 Å². The van der Waals surface area contributed by atoms with E-state index in [2.05, 4.69) is 4.98 Å². The highest BCUT2D eigenvalue weighted by molar-refractivity contribution is 5.95. The molecule has 1 atom stereocenters. The van der Waals surface area contributed by atoms with E-state index >= 15 is 0 Å². The molecule has 0 bridgehead atoms. The molecule has 0 radical (unpaired) electrons. The standard InChI is InChI=1S/C12H19N3O3/c1-4-18-12(17)9-5-11(14-6-10(9)13)15(3)7-8(2)16/h5-6,8,16H,4,7,13H2,1-3H3. The van der Waals surface area contributed by atoms with Gasteiger partial charge in [-0.3, -0.25) is 0 Å². The zero-order chi connectivity index (χ0) is 13.7. The van der Waals surface area contributed by atoms with Crippen LogP contribution in [0.5, 0.6) is 0 Å². The summed E-state index contributed by atoms with van der Waals surface area (Å²) in [4.78, 5) is 17.5. The number of likely N-dealkylation sites (N-methyl/N-ethyl adjacent to an activating group) is 1. The predicted molar refractivity (Wildman–Crippen MR) is 69.6 cm³/mol. The lowest BCUT2D eigenvalue weighted by atomic mass is 10.2. The number of nitrogens with zero attached hydrogens (tertiary/aromatic N) is 2. The van der Waals surface area contributed by atoms with Crippen LogP contribution in [-0.4, -0.2) is 42.4 Å². The number of aliphatic hydroxyl groups excluding tert-OH is 1. The van der Waals surface area contributed by atoms with E-state index in [-0.39, 0.29) is 5.69 Å². The fourth-order valence-corrected chi connectivity index (χ4v) is 1.54. The Morgan fingerprint density at radius 1 is 1.67 bits per heavy atom. The van der Waals surface area contributed by atoms with Gasteiger partial charge < -0.3 is 20.5 Å². The molecule has 1 aromatic heterocycles. The van der Waals surface area contributed by atoms with Crippen LogP contribution in [0.4, 0.5) is 11.5 Å². The van der Waals surface area contributed by atoms with Crippen LogP contribution in [0.2, 0.25) is 0 Å². The van der Waals surface area contributed by atoms with Crippen LogP contribution in [0.3, 0.4) is 0 Å². The van der Waals surface area contributed by atoms with Crippen molar-refractivity contribution in [2.75, 3.05) is 30.8 Å². The van der Waals surface area contributed by atoms with Gasteiger partial charge in [0.2, 0.25) is 0 Å². The first-order valence-corrected chi connectivity index (χ1v) is 5.77. The van der Waals surface area contributed by atoms with E-state index in [1.807, 2.05) is 0 Å². The number of rotatable bonds is 5.